The van der Waals surface area contributed by atoms with E-state index in [1.807, 2.05) is 6.20 Å². The largest absolute Gasteiger partial charge is 0.455 e. The van der Waals surface area contributed by atoms with E-state index in [4.69, 9.17) is 9.40 Å². The summed E-state index contributed by atoms with van der Waals surface area (Å²) in [7, 11) is -1.57. The summed E-state index contributed by atoms with van der Waals surface area (Å²) in [4.78, 5) is 5.05. The third-order valence-corrected chi connectivity index (χ3v) is 8.18. The highest BCUT2D eigenvalue weighted by atomic mass is 28.3. The van der Waals surface area contributed by atoms with Crippen molar-refractivity contribution in [2.24, 2.45) is 0 Å². The number of hydrogen-bond donors (Lipinski definition) is 0. The number of furan rings is 1. The normalized spacial score (nSPS) is 13.3. The monoisotopic (exact) mass is 429 g/mol. The molecule has 31 heavy (non-hydrogen) atoms. The van der Waals surface area contributed by atoms with Crippen molar-refractivity contribution in [3.8, 4) is 11.3 Å². The van der Waals surface area contributed by atoms with E-state index in [1.54, 1.807) is 0 Å². The molecule has 0 aliphatic rings. The molecule has 0 fully saturated rings. The smallest absolute Gasteiger partial charge is 0.144 e. The van der Waals surface area contributed by atoms with Gasteiger partial charge in [0, 0.05) is 22.5 Å². The lowest BCUT2D eigenvalue weighted by atomic mass is 9.80. The number of fused-ring (bicyclic) bond motifs is 3. The van der Waals surface area contributed by atoms with Crippen LogP contribution in [0.1, 0.15) is 52.7 Å². The first kappa shape index (κ1) is 21.8. The molecule has 0 spiro atoms. The highest BCUT2D eigenvalue weighted by Gasteiger charge is 2.28. The quantitative estimate of drug-likeness (QED) is 0.304. The van der Waals surface area contributed by atoms with Crippen LogP contribution in [-0.4, -0.2) is 13.1 Å². The Morgan fingerprint density at radius 1 is 0.839 bits per heavy atom. The SMILES string of the molecule is CC(C)(C)c1cnc(-c2ccc([Si](C)(C)C)c3c2oc2ccccc23)c(C(C)(C)C)c1. The first-order chi connectivity index (χ1) is 14.3. The van der Waals surface area contributed by atoms with Crippen molar-refractivity contribution in [3.63, 3.8) is 0 Å². The van der Waals surface area contributed by atoms with Crippen LogP contribution in [0.15, 0.2) is 53.1 Å². The second-order valence-corrected chi connectivity index (χ2v) is 16.9. The topological polar surface area (TPSA) is 26.0 Å². The third-order valence-electron chi connectivity index (χ3n) is 6.15. The van der Waals surface area contributed by atoms with E-state index in [2.05, 4.69) is 104 Å². The molecular formula is C28H35NOSi. The first-order valence-electron chi connectivity index (χ1n) is 11.2. The fraction of sp³-hybridized carbons (Fsp3) is 0.393. The summed E-state index contributed by atoms with van der Waals surface area (Å²) in [6.45, 7) is 20.8. The van der Waals surface area contributed by atoms with Crippen LogP contribution >= 0.6 is 0 Å². The van der Waals surface area contributed by atoms with Crippen LogP contribution in [0.3, 0.4) is 0 Å². The Bertz CT molecular complexity index is 1280. The summed E-state index contributed by atoms with van der Waals surface area (Å²) in [5.74, 6) is 0. The molecular weight excluding hydrogens is 394 g/mol. The Balaban J connectivity index is 2.11. The van der Waals surface area contributed by atoms with Crippen LogP contribution in [0.25, 0.3) is 33.2 Å². The summed E-state index contributed by atoms with van der Waals surface area (Å²) in [6, 6.07) is 15.3. The summed E-state index contributed by atoms with van der Waals surface area (Å²) in [5, 5.41) is 3.93. The van der Waals surface area contributed by atoms with E-state index in [0.717, 1.165) is 22.4 Å². The number of aromatic nitrogens is 1. The van der Waals surface area contributed by atoms with Gasteiger partial charge in [-0.25, -0.2) is 0 Å². The minimum absolute atomic E-state index is 0.0284. The zero-order chi connectivity index (χ0) is 22.8. The maximum absolute atomic E-state index is 6.52. The van der Waals surface area contributed by atoms with Gasteiger partial charge in [0.15, 0.2) is 0 Å². The van der Waals surface area contributed by atoms with Gasteiger partial charge in [-0.15, -0.1) is 0 Å². The number of para-hydroxylation sites is 1. The molecule has 0 N–H and O–H groups in total. The average molecular weight is 430 g/mol. The molecule has 0 aliphatic carbocycles. The predicted octanol–water partition coefficient (Wildman–Crippen LogP) is 7.79. The average Bonchev–Trinajstić information content (AvgIpc) is 3.04. The van der Waals surface area contributed by atoms with Gasteiger partial charge in [-0.1, -0.05) is 91.5 Å². The van der Waals surface area contributed by atoms with Crippen molar-refractivity contribution in [1.82, 2.24) is 4.98 Å². The molecule has 3 heteroatoms. The molecule has 2 nitrogen and oxygen atoms in total. The third kappa shape index (κ3) is 3.85. The Kier molecular flexibility index (Phi) is 4.97. The summed E-state index contributed by atoms with van der Waals surface area (Å²) in [5.41, 5.74) is 6.62. The Morgan fingerprint density at radius 3 is 2.13 bits per heavy atom. The van der Waals surface area contributed by atoms with E-state index in [1.165, 1.54) is 27.1 Å². The number of nitrogens with zero attached hydrogens (tertiary/aromatic N) is 1. The maximum atomic E-state index is 6.52. The van der Waals surface area contributed by atoms with Crippen LogP contribution in [0.5, 0.6) is 0 Å². The number of rotatable bonds is 2. The molecule has 0 atom stereocenters. The van der Waals surface area contributed by atoms with E-state index < -0.39 is 8.07 Å². The predicted molar refractivity (Wildman–Crippen MR) is 137 cm³/mol. The van der Waals surface area contributed by atoms with Crippen molar-refractivity contribution < 1.29 is 4.42 Å². The van der Waals surface area contributed by atoms with Gasteiger partial charge >= 0.3 is 0 Å². The molecule has 2 aromatic carbocycles. The number of benzene rings is 2. The molecule has 2 heterocycles. The second-order valence-electron chi connectivity index (χ2n) is 11.8. The van der Waals surface area contributed by atoms with Gasteiger partial charge < -0.3 is 4.42 Å². The maximum Gasteiger partial charge on any atom is 0.144 e. The lowest BCUT2D eigenvalue weighted by Crippen LogP contribution is -2.38. The van der Waals surface area contributed by atoms with Gasteiger partial charge in [0.05, 0.1) is 13.8 Å². The Labute approximate surface area is 187 Å². The molecule has 162 valence electrons. The van der Waals surface area contributed by atoms with Crippen molar-refractivity contribution in [2.45, 2.75) is 72.0 Å². The first-order valence-corrected chi connectivity index (χ1v) is 14.7. The standard InChI is InChI=1S/C28H35NOSi/c1-27(2,3)18-16-21(28(4,5)6)25(29-17-18)20-14-15-23(31(7,8)9)24-19-12-10-11-13-22(19)30-26(20)24/h10-17H,1-9H3. The molecule has 4 rings (SSSR count). The molecule has 0 bridgehead atoms. The number of hydrogen-bond acceptors (Lipinski definition) is 2. The van der Waals surface area contributed by atoms with Crippen LogP contribution in [0.2, 0.25) is 19.6 Å². The zero-order valence-corrected chi connectivity index (χ0v) is 21.5. The highest BCUT2D eigenvalue weighted by molar-refractivity contribution is 6.90. The fourth-order valence-corrected chi connectivity index (χ4v) is 5.88. The summed E-state index contributed by atoms with van der Waals surface area (Å²) < 4.78 is 6.52. The minimum Gasteiger partial charge on any atom is -0.455 e. The summed E-state index contributed by atoms with van der Waals surface area (Å²) in [6.07, 6.45) is 2.05. The van der Waals surface area contributed by atoms with Crippen molar-refractivity contribution in [2.75, 3.05) is 0 Å². The Hall–Kier alpha value is -2.39. The van der Waals surface area contributed by atoms with Crippen LogP contribution in [0, 0.1) is 0 Å². The lowest BCUT2D eigenvalue weighted by molar-refractivity contribution is 0.565. The van der Waals surface area contributed by atoms with E-state index in [9.17, 15) is 0 Å². The van der Waals surface area contributed by atoms with E-state index in [0.29, 0.717) is 0 Å². The molecule has 0 radical (unpaired) electrons. The van der Waals surface area contributed by atoms with Gasteiger partial charge in [0.2, 0.25) is 0 Å². The van der Waals surface area contributed by atoms with Crippen LogP contribution in [-0.2, 0) is 10.8 Å². The molecule has 0 unspecified atom stereocenters. The second kappa shape index (κ2) is 7.06. The minimum atomic E-state index is -1.57. The van der Waals surface area contributed by atoms with E-state index in [-0.39, 0.29) is 10.8 Å². The summed E-state index contributed by atoms with van der Waals surface area (Å²) >= 11 is 0. The van der Waals surface area contributed by atoms with Gasteiger partial charge in [0.25, 0.3) is 0 Å². The van der Waals surface area contributed by atoms with Crippen LogP contribution < -0.4 is 5.19 Å². The molecule has 4 aromatic rings. The molecule has 0 aliphatic heterocycles. The van der Waals surface area contributed by atoms with Gasteiger partial charge in [-0.05, 0) is 39.3 Å². The number of pyridine rings is 1. The van der Waals surface area contributed by atoms with Gasteiger partial charge in [-0.3, -0.25) is 4.98 Å². The Morgan fingerprint density at radius 2 is 1.52 bits per heavy atom. The molecule has 2 aromatic heterocycles. The fourth-order valence-electron chi connectivity index (χ4n) is 4.30. The molecule has 0 amide bonds. The van der Waals surface area contributed by atoms with Gasteiger partial charge in [0.1, 0.15) is 11.2 Å². The van der Waals surface area contributed by atoms with Crippen molar-refractivity contribution in [1.29, 1.82) is 0 Å². The lowest BCUT2D eigenvalue weighted by Gasteiger charge is -2.27. The van der Waals surface area contributed by atoms with E-state index >= 15 is 0 Å². The molecule has 0 saturated heterocycles. The van der Waals surface area contributed by atoms with Crippen molar-refractivity contribution in [3.05, 3.63) is 59.8 Å². The molecule has 0 saturated carbocycles. The zero-order valence-electron chi connectivity index (χ0n) is 20.5. The highest BCUT2D eigenvalue weighted by Crippen LogP contribution is 2.40. The van der Waals surface area contributed by atoms with Crippen molar-refractivity contribution >= 4 is 35.2 Å². The van der Waals surface area contributed by atoms with Gasteiger partial charge in [-0.2, -0.15) is 0 Å². The van der Waals surface area contributed by atoms with Crippen LogP contribution in [0.4, 0.5) is 0 Å².